The second kappa shape index (κ2) is 11.5. The van der Waals surface area contributed by atoms with E-state index in [0.29, 0.717) is 28.9 Å². The first-order chi connectivity index (χ1) is 15.1. The average Bonchev–Trinajstić information content (AvgIpc) is 2.82. The van der Waals surface area contributed by atoms with Crippen LogP contribution in [0.1, 0.15) is 11.1 Å². The summed E-state index contributed by atoms with van der Waals surface area (Å²) in [6.07, 6.45) is 0. The van der Waals surface area contributed by atoms with Crippen LogP contribution < -0.4 is 24.8 Å². The molecule has 31 heavy (non-hydrogen) atoms. The lowest BCUT2D eigenvalue weighted by Gasteiger charge is -2.15. The first-order valence-electron chi connectivity index (χ1n) is 9.73. The van der Waals surface area contributed by atoms with Crippen molar-refractivity contribution >= 4 is 34.8 Å². The predicted molar refractivity (Wildman–Crippen MR) is 132 cm³/mol. The third-order valence-corrected chi connectivity index (χ3v) is 5.87. The van der Waals surface area contributed by atoms with Crippen LogP contribution in [-0.4, -0.2) is 26.4 Å². The molecule has 0 fully saturated rings. The van der Waals surface area contributed by atoms with Gasteiger partial charge < -0.3 is 24.8 Å². The Bertz CT molecular complexity index is 970. The molecule has 0 saturated heterocycles. The topological polar surface area (TPSA) is 51.8 Å². The van der Waals surface area contributed by atoms with Crippen molar-refractivity contribution in [2.45, 2.75) is 17.2 Å². The maximum Gasteiger partial charge on any atom is 0.203 e. The van der Waals surface area contributed by atoms with Crippen LogP contribution in [0.5, 0.6) is 17.2 Å². The Morgan fingerprint density at radius 1 is 0.839 bits per heavy atom. The smallest absolute Gasteiger partial charge is 0.203 e. The molecule has 0 aromatic heterocycles. The number of methoxy groups -OCH3 is 3. The highest BCUT2D eigenvalue weighted by Gasteiger charge is 2.13. The number of thiocarbonyl (C=S) groups is 1. The second-order valence-corrected chi connectivity index (χ2v) is 8.10. The Morgan fingerprint density at radius 2 is 1.48 bits per heavy atom. The monoisotopic (exact) mass is 454 g/mol. The summed E-state index contributed by atoms with van der Waals surface area (Å²) in [5, 5.41) is 6.97. The van der Waals surface area contributed by atoms with Crippen LogP contribution in [0.25, 0.3) is 0 Å². The van der Waals surface area contributed by atoms with Gasteiger partial charge in [0.2, 0.25) is 5.75 Å². The number of hydrogen-bond acceptors (Lipinski definition) is 5. The van der Waals surface area contributed by atoms with Crippen molar-refractivity contribution in [3.05, 3.63) is 77.9 Å². The molecule has 162 valence electrons. The lowest BCUT2D eigenvalue weighted by molar-refractivity contribution is 0.323. The molecule has 0 saturated carbocycles. The molecule has 5 nitrogen and oxygen atoms in total. The lowest BCUT2D eigenvalue weighted by atomic mass is 10.2. The molecule has 2 N–H and O–H groups in total. The summed E-state index contributed by atoms with van der Waals surface area (Å²) in [7, 11) is 4.79. The fraction of sp³-hybridized carbons (Fsp3) is 0.208. The average molecular weight is 455 g/mol. The van der Waals surface area contributed by atoms with Crippen LogP contribution in [0.2, 0.25) is 0 Å². The number of rotatable bonds is 9. The van der Waals surface area contributed by atoms with Gasteiger partial charge in [0.25, 0.3) is 0 Å². The molecule has 3 rings (SSSR count). The SMILES string of the molecule is COc1cc(CNC(=S)Nc2ccc(CSc3ccccc3)cc2)cc(OC)c1OC. The number of anilines is 1. The first kappa shape index (κ1) is 22.8. The van der Waals surface area contributed by atoms with Crippen LogP contribution in [0.15, 0.2) is 71.6 Å². The highest BCUT2D eigenvalue weighted by atomic mass is 32.2. The Labute approximate surface area is 193 Å². The molecule has 0 aliphatic heterocycles. The molecule has 0 atom stereocenters. The summed E-state index contributed by atoms with van der Waals surface area (Å²) in [6, 6.07) is 22.5. The summed E-state index contributed by atoms with van der Waals surface area (Å²) < 4.78 is 16.2. The van der Waals surface area contributed by atoms with Gasteiger partial charge in [0.05, 0.1) is 21.3 Å². The van der Waals surface area contributed by atoms with Crippen molar-refractivity contribution in [1.29, 1.82) is 0 Å². The zero-order valence-electron chi connectivity index (χ0n) is 17.8. The molecule has 0 aliphatic carbocycles. The van der Waals surface area contributed by atoms with Gasteiger partial charge in [0.15, 0.2) is 16.6 Å². The van der Waals surface area contributed by atoms with Gasteiger partial charge >= 0.3 is 0 Å². The molecule has 7 heteroatoms. The van der Waals surface area contributed by atoms with E-state index in [1.54, 1.807) is 21.3 Å². The van der Waals surface area contributed by atoms with Crippen molar-refractivity contribution in [2.75, 3.05) is 26.6 Å². The summed E-state index contributed by atoms with van der Waals surface area (Å²) in [5.41, 5.74) is 3.17. The van der Waals surface area contributed by atoms with Crippen molar-refractivity contribution < 1.29 is 14.2 Å². The Hall–Kier alpha value is -2.90. The van der Waals surface area contributed by atoms with Gasteiger partial charge in [-0.15, -0.1) is 11.8 Å². The lowest BCUT2D eigenvalue weighted by Crippen LogP contribution is -2.27. The molecule has 0 aliphatic rings. The van der Waals surface area contributed by atoms with Crippen molar-refractivity contribution in [3.8, 4) is 17.2 Å². The highest BCUT2D eigenvalue weighted by Crippen LogP contribution is 2.38. The zero-order valence-corrected chi connectivity index (χ0v) is 19.4. The summed E-state index contributed by atoms with van der Waals surface area (Å²) >= 11 is 7.26. The van der Waals surface area contributed by atoms with Crippen LogP contribution >= 0.6 is 24.0 Å². The van der Waals surface area contributed by atoms with E-state index in [-0.39, 0.29) is 0 Å². The summed E-state index contributed by atoms with van der Waals surface area (Å²) in [6.45, 7) is 0.522. The Morgan fingerprint density at radius 3 is 2.06 bits per heavy atom. The Kier molecular flexibility index (Phi) is 8.44. The molecule has 0 unspecified atom stereocenters. The molecule has 0 amide bonds. The molecule has 0 radical (unpaired) electrons. The van der Waals surface area contributed by atoms with Crippen molar-refractivity contribution in [1.82, 2.24) is 5.32 Å². The van der Waals surface area contributed by atoms with Gasteiger partial charge in [-0.25, -0.2) is 0 Å². The van der Waals surface area contributed by atoms with E-state index in [9.17, 15) is 0 Å². The fourth-order valence-electron chi connectivity index (χ4n) is 2.96. The van der Waals surface area contributed by atoms with Crippen LogP contribution in [0.3, 0.4) is 0 Å². The number of hydrogen-bond donors (Lipinski definition) is 2. The normalized spacial score (nSPS) is 10.3. The zero-order chi connectivity index (χ0) is 22.1. The number of ether oxygens (including phenoxy) is 3. The van der Waals surface area contributed by atoms with E-state index >= 15 is 0 Å². The second-order valence-electron chi connectivity index (χ2n) is 6.64. The van der Waals surface area contributed by atoms with E-state index < -0.39 is 0 Å². The minimum atomic E-state index is 0.522. The third-order valence-electron chi connectivity index (χ3n) is 4.54. The minimum absolute atomic E-state index is 0.522. The van der Waals surface area contributed by atoms with E-state index in [0.717, 1.165) is 17.0 Å². The maximum atomic E-state index is 5.44. The molecule has 3 aromatic carbocycles. The van der Waals surface area contributed by atoms with Crippen LogP contribution in [-0.2, 0) is 12.3 Å². The van der Waals surface area contributed by atoms with Gasteiger partial charge in [-0.2, -0.15) is 0 Å². The largest absolute Gasteiger partial charge is 0.493 e. The van der Waals surface area contributed by atoms with Gasteiger partial charge in [-0.05, 0) is 59.7 Å². The standard InChI is InChI=1S/C24H26N2O3S2/c1-27-21-13-18(14-22(28-2)23(21)29-3)15-25-24(30)26-19-11-9-17(10-12-19)16-31-20-7-5-4-6-8-20/h4-14H,15-16H2,1-3H3,(H2,25,26,30). The quantitative estimate of drug-likeness (QED) is 0.327. The van der Waals surface area contributed by atoms with Gasteiger partial charge in [0.1, 0.15) is 0 Å². The summed E-state index contributed by atoms with van der Waals surface area (Å²) in [4.78, 5) is 1.27. The Balaban J connectivity index is 1.53. The predicted octanol–water partition coefficient (Wildman–Crippen LogP) is 5.49. The van der Waals surface area contributed by atoms with E-state index in [4.69, 9.17) is 26.4 Å². The molecule has 0 bridgehead atoms. The van der Waals surface area contributed by atoms with Crippen molar-refractivity contribution in [2.24, 2.45) is 0 Å². The van der Waals surface area contributed by atoms with Gasteiger partial charge in [-0.3, -0.25) is 0 Å². The third kappa shape index (κ3) is 6.54. The van der Waals surface area contributed by atoms with E-state index in [2.05, 4.69) is 47.0 Å². The number of nitrogens with one attached hydrogen (secondary N) is 2. The fourth-order valence-corrected chi connectivity index (χ4v) is 4.03. The summed E-state index contributed by atoms with van der Waals surface area (Å²) in [5.74, 6) is 2.72. The van der Waals surface area contributed by atoms with E-state index in [1.807, 2.05) is 42.1 Å². The minimum Gasteiger partial charge on any atom is -0.493 e. The first-order valence-corrected chi connectivity index (χ1v) is 11.1. The van der Waals surface area contributed by atoms with Crippen LogP contribution in [0.4, 0.5) is 5.69 Å². The molecule has 0 heterocycles. The maximum absolute atomic E-state index is 5.44. The van der Waals surface area contributed by atoms with E-state index in [1.165, 1.54) is 10.5 Å². The van der Waals surface area contributed by atoms with Crippen LogP contribution in [0, 0.1) is 0 Å². The molecular formula is C24H26N2O3S2. The van der Waals surface area contributed by atoms with Crippen molar-refractivity contribution in [3.63, 3.8) is 0 Å². The molecule has 3 aromatic rings. The molecular weight excluding hydrogens is 428 g/mol. The molecule has 0 spiro atoms. The van der Waals surface area contributed by atoms with Gasteiger partial charge in [0, 0.05) is 22.9 Å². The number of benzene rings is 3. The van der Waals surface area contributed by atoms with Gasteiger partial charge in [-0.1, -0.05) is 30.3 Å². The highest BCUT2D eigenvalue weighted by molar-refractivity contribution is 7.98. The number of thioether (sulfide) groups is 1.